The minimum absolute atomic E-state index is 0.114. The van der Waals surface area contributed by atoms with E-state index in [-0.39, 0.29) is 11.3 Å². The molecule has 37 heavy (non-hydrogen) atoms. The normalized spacial score (nSPS) is 16.9. The number of aromatic nitrogens is 2. The Bertz CT molecular complexity index is 1410. The number of aliphatic hydroxyl groups is 1. The van der Waals surface area contributed by atoms with E-state index >= 15 is 0 Å². The number of amides is 1. The van der Waals surface area contributed by atoms with Crippen molar-refractivity contribution in [2.24, 2.45) is 0 Å². The first-order valence-corrected chi connectivity index (χ1v) is 13.0. The maximum Gasteiger partial charge on any atom is 0.295 e. The molecule has 8 heteroatoms. The Hall–Kier alpha value is -4.17. The number of aliphatic hydroxyl groups excluding tert-OH is 1. The zero-order valence-electron chi connectivity index (χ0n) is 20.4. The highest BCUT2D eigenvalue weighted by Crippen LogP contribution is 2.41. The molecule has 5 rings (SSSR count). The molecule has 4 aromatic rings. The summed E-state index contributed by atoms with van der Waals surface area (Å²) in [5.74, 6) is -0.795. The highest BCUT2D eigenvalue weighted by molar-refractivity contribution is 7.10. The molecule has 188 valence electrons. The number of nitrogens with zero attached hydrogens (tertiary/aromatic N) is 3. The molecule has 1 amide bonds. The molecular formula is C29H27N3O4S. The Labute approximate surface area is 219 Å². The van der Waals surface area contributed by atoms with Crippen LogP contribution in [0.25, 0.3) is 5.76 Å². The second kappa shape index (κ2) is 10.8. The monoisotopic (exact) mass is 513 g/mol. The predicted octanol–water partition coefficient (Wildman–Crippen LogP) is 5.34. The smallest absolute Gasteiger partial charge is 0.295 e. The standard InChI is InChI=1S/C29H27N3O4S/c1-20-6-2-3-7-22(20)18-36-23-11-9-21(10-12-23)27(33)25-26(24-8-4-17-37-24)32(29(35)28(25)34)15-5-14-31-16-13-30-19-31/h2-4,6-13,16-17,19,26,33H,5,14-15,18H2,1H3/b27-25+. The summed E-state index contributed by atoms with van der Waals surface area (Å²) in [5.41, 5.74) is 2.82. The van der Waals surface area contributed by atoms with E-state index in [2.05, 4.69) is 4.98 Å². The summed E-state index contributed by atoms with van der Waals surface area (Å²) in [5, 5.41) is 13.1. The number of likely N-dealkylation sites (tertiary alicyclic amines) is 1. The Morgan fingerprint density at radius 1 is 1.05 bits per heavy atom. The van der Waals surface area contributed by atoms with Gasteiger partial charge in [-0.25, -0.2) is 4.98 Å². The van der Waals surface area contributed by atoms with Gasteiger partial charge in [-0.2, -0.15) is 0 Å². The molecule has 0 spiro atoms. The van der Waals surface area contributed by atoms with E-state index in [0.29, 0.717) is 37.4 Å². The third kappa shape index (κ3) is 5.20. The predicted molar refractivity (Wildman–Crippen MR) is 142 cm³/mol. The van der Waals surface area contributed by atoms with Crippen LogP contribution in [0.2, 0.25) is 0 Å². The number of ether oxygens (including phenoxy) is 1. The van der Waals surface area contributed by atoms with Crippen molar-refractivity contribution in [3.8, 4) is 5.75 Å². The topological polar surface area (TPSA) is 84.7 Å². The van der Waals surface area contributed by atoms with Crippen molar-refractivity contribution < 1.29 is 19.4 Å². The van der Waals surface area contributed by atoms with Crippen molar-refractivity contribution in [2.45, 2.75) is 32.5 Å². The Morgan fingerprint density at radius 3 is 2.57 bits per heavy atom. The second-order valence-corrected chi connectivity index (χ2v) is 9.88. The molecule has 0 aliphatic carbocycles. The first-order chi connectivity index (χ1) is 18.0. The lowest BCUT2D eigenvalue weighted by Gasteiger charge is -2.24. The van der Waals surface area contributed by atoms with E-state index in [1.807, 2.05) is 59.5 Å². The number of thiophene rings is 1. The van der Waals surface area contributed by atoms with Gasteiger partial charge in [-0.1, -0.05) is 30.3 Å². The molecule has 1 saturated heterocycles. The molecular weight excluding hydrogens is 486 g/mol. The van der Waals surface area contributed by atoms with Crippen LogP contribution in [-0.4, -0.2) is 37.8 Å². The van der Waals surface area contributed by atoms with Crippen molar-refractivity contribution in [1.82, 2.24) is 14.5 Å². The van der Waals surface area contributed by atoms with Crippen LogP contribution in [0.5, 0.6) is 5.75 Å². The maximum absolute atomic E-state index is 13.1. The zero-order valence-corrected chi connectivity index (χ0v) is 21.2. The molecule has 1 N–H and O–H groups in total. The van der Waals surface area contributed by atoms with Gasteiger partial charge in [-0.05, 0) is 60.2 Å². The minimum Gasteiger partial charge on any atom is -0.507 e. The zero-order chi connectivity index (χ0) is 25.8. The summed E-state index contributed by atoms with van der Waals surface area (Å²) in [6.07, 6.45) is 5.94. The van der Waals surface area contributed by atoms with Gasteiger partial charge >= 0.3 is 0 Å². The third-order valence-corrected chi connectivity index (χ3v) is 7.44. The Balaban J connectivity index is 1.37. The number of hydrogen-bond acceptors (Lipinski definition) is 6. The summed E-state index contributed by atoms with van der Waals surface area (Å²) in [6, 6.07) is 18.1. The van der Waals surface area contributed by atoms with Crippen molar-refractivity contribution in [1.29, 1.82) is 0 Å². The quantitative estimate of drug-likeness (QED) is 0.185. The summed E-state index contributed by atoms with van der Waals surface area (Å²) >= 11 is 1.46. The number of hydrogen-bond donors (Lipinski definition) is 1. The van der Waals surface area contributed by atoms with Crippen LogP contribution >= 0.6 is 11.3 Å². The molecule has 7 nitrogen and oxygen atoms in total. The number of Topliss-reactive ketones (excluding diaryl/α,β-unsaturated/α-hetero) is 1. The highest BCUT2D eigenvalue weighted by Gasteiger charge is 2.46. The SMILES string of the molecule is Cc1ccccc1COc1ccc(/C(O)=C2\C(=O)C(=O)N(CCCn3ccnc3)C2c2cccs2)cc1. The van der Waals surface area contributed by atoms with Crippen LogP contribution in [0.15, 0.2) is 90.3 Å². The number of carbonyl (C=O) groups excluding carboxylic acids is 2. The van der Waals surface area contributed by atoms with Gasteiger partial charge in [0.1, 0.15) is 18.1 Å². The Morgan fingerprint density at radius 2 is 1.86 bits per heavy atom. The molecule has 1 fully saturated rings. The van der Waals surface area contributed by atoms with E-state index in [9.17, 15) is 14.7 Å². The van der Waals surface area contributed by atoms with Gasteiger partial charge in [0.05, 0.1) is 17.9 Å². The molecule has 1 atom stereocenters. The van der Waals surface area contributed by atoms with Crippen LogP contribution in [0.3, 0.4) is 0 Å². The van der Waals surface area contributed by atoms with Gasteiger partial charge < -0.3 is 19.3 Å². The van der Waals surface area contributed by atoms with Gasteiger partial charge in [-0.15, -0.1) is 11.3 Å². The summed E-state index contributed by atoms with van der Waals surface area (Å²) < 4.78 is 7.84. The average Bonchev–Trinajstić information content (AvgIpc) is 3.67. The summed E-state index contributed by atoms with van der Waals surface area (Å²) in [6.45, 7) is 3.52. The molecule has 0 saturated carbocycles. The van der Waals surface area contributed by atoms with Crippen LogP contribution in [0, 0.1) is 6.92 Å². The molecule has 0 bridgehead atoms. The van der Waals surface area contributed by atoms with E-state index in [0.717, 1.165) is 16.0 Å². The number of aryl methyl sites for hydroxylation is 2. The Kier molecular flexibility index (Phi) is 7.18. The minimum atomic E-state index is -0.668. The van der Waals surface area contributed by atoms with Crippen LogP contribution < -0.4 is 4.74 Å². The lowest BCUT2D eigenvalue weighted by atomic mass is 10.00. The van der Waals surface area contributed by atoms with Gasteiger partial charge in [0.2, 0.25) is 0 Å². The lowest BCUT2D eigenvalue weighted by molar-refractivity contribution is -0.139. The van der Waals surface area contributed by atoms with E-state index in [1.165, 1.54) is 11.3 Å². The third-order valence-electron chi connectivity index (χ3n) is 6.51. The fraction of sp³-hybridized carbons (Fsp3) is 0.207. The average molecular weight is 514 g/mol. The number of ketones is 1. The van der Waals surface area contributed by atoms with Crippen LogP contribution in [0.1, 0.15) is 34.0 Å². The number of imidazole rings is 1. The van der Waals surface area contributed by atoms with Gasteiger partial charge in [0.25, 0.3) is 11.7 Å². The van der Waals surface area contributed by atoms with Crippen LogP contribution in [-0.2, 0) is 22.7 Å². The van der Waals surface area contributed by atoms with Gasteiger partial charge in [-0.3, -0.25) is 9.59 Å². The van der Waals surface area contributed by atoms with Crippen molar-refractivity contribution in [3.63, 3.8) is 0 Å². The molecule has 0 radical (unpaired) electrons. The molecule has 1 unspecified atom stereocenters. The van der Waals surface area contributed by atoms with Crippen molar-refractivity contribution >= 4 is 28.8 Å². The summed E-state index contributed by atoms with van der Waals surface area (Å²) in [7, 11) is 0. The largest absolute Gasteiger partial charge is 0.507 e. The van der Waals surface area contributed by atoms with Gasteiger partial charge in [0.15, 0.2) is 0 Å². The molecule has 2 aromatic carbocycles. The number of rotatable bonds is 9. The fourth-order valence-corrected chi connectivity index (χ4v) is 5.34. The number of benzene rings is 2. The van der Waals surface area contributed by atoms with Gasteiger partial charge in [0, 0.05) is 35.9 Å². The van der Waals surface area contributed by atoms with Crippen molar-refractivity contribution in [3.05, 3.63) is 112 Å². The van der Waals surface area contributed by atoms with E-state index in [4.69, 9.17) is 4.74 Å². The maximum atomic E-state index is 13.1. The van der Waals surface area contributed by atoms with E-state index in [1.54, 1.807) is 41.7 Å². The number of carbonyl (C=O) groups is 2. The molecule has 1 aliphatic heterocycles. The molecule has 2 aromatic heterocycles. The first kappa shape index (κ1) is 24.5. The van der Waals surface area contributed by atoms with Crippen LogP contribution in [0.4, 0.5) is 0 Å². The highest BCUT2D eigenvalue weighted by atomic mass is 32.1. The van der Waals surface area contributed by atoms with Crippen molar-refractivity contribution in [2.75, 3.05) is 6.54 Å². The van der Waals surface area contributed by atoms with E-state index < -0.39 is 17.7 Å². The fourth-order valence-electron chi connectivity index (χ4n) is 4.49. The molecule has 3 heterocycles. The lowest BCUT2D eigenvalue weighted by Crippen LogP contribution is -2.31. The second-order valence-electron chi connectivity index (χ2n) is 8.90. The first-order valence-electron chi connectivity index (χ1n) is 12.1. The summed E-state index contributed by atoms with van der Waals surface area (Å²) in [4.78, 5) is 32.6. The molecule has 1 aliphatic rings.